The van der Waals surface area contributed by atoms with Crippen LogP contribution in [0.25, 0.3) is 16.7 Å². The Hall–Kier alpha value is -3.26. The number of nitrogens with zero attached hydrogens (tertiary/aromatic N) is 5. The van der Waals surface area contributed by atoms with Crippen LogP contribution in [-0.2, 0) is 13.1 Å². The first-order chi connectivity index (χ1) is 12.7. The van der Waals surface area contributed by atoms with Crippen LogP contribution in [0.15, 0.2) is 53.8 Å². The molecule has 3 aromatic heterocycles. The molecular formula is C18H19N7O. The molecule has 132 valence electrons. The summed E-state index contributed by atoms with van der Waals surface area (Å²) in [5, 5.41) is 12.8. The summed E-state index contributed by atoms with van der Waals surface area (Å²) in [4.78, 5) is 19.4. The van der Waals surface area contributed by atoms with E-state index < -0.39 is 0 Å². The van der Waals surface area contributed by atoms with Crippen LogP contribution < -0.4 is 10.9 Å². The Bertz CT molecular complexity index is 1060. The minimum Gasteiger partial charge on any atom is -0.311 e. The Kier molecular flexibility index (Phi) is 4.32. The first-order valence-corrected chi connectivity index (χ1v) is 8.42. The van der Waals surface area contributed by atoms with Crippen molar-refractivity contribution < 1.29 is 0 Å². The Morgan fingerprint density at radius 3 is 2.85 bits per heavy atom. The first kappa shape index (κ1) is 16.2. The molecule has 0 saturated carbocycles. The number of para-hydroxylation sites is 1. The Morgan fingerprint density at radius 2 is 2.08 bits per heavy atom. The van der Waals surface area contributed by atoms with E-state index in [9.17, 15) is 4.79 Å². The minimum atomic E-state index is -0.108. The zero-order valence-corrected chi connectivity index (χ0v) is 14.4. The van der Waals surface area contributed by atoms with Crippen molar-refractivity contribution in [2.75, 3.05) is 6.54 Å². The lowest BCUT2D eigenvalue weighted by atomic mass is 10.2. The second-order valence-corrected chi connectivity index (χ2v) is 6.05. The van der Waals surface area contributed by atoms with Gasteiger partial charge in [0.25, 0.3) is 5.56 Å². The van der Waals surface area contributed by atoms with Gasteiger partial charge in [-0.05, 0) is 25.1 Å². The molecule has 3 heterocycles. The monoisotopic (exact) mass is 349 g/mol. The van der Waals surface area contributed by atoms with Gasteiger partial charge in [-0.15, -0.1) is 0 Å². The van der Waals surface area contributed by atoms with E-state index in [0.29, 0.717) is 30.8 Å². The average molecular weight is 349 g/mol. The standard InChI is InChI=1S/C18H19N7O/c1-13-16-9-14(10-19-7-8-24-12-20-11-21-24)18(26)22-17(16)25(23-13)15-5-3-2-4-6-15/h2-6,9,11-12,19H,7-8,10H2,1H3,(H,22,26). The molecule has 0 amide bonds. The lowest BCUT2D eigenvalue weighted by molar-refractivity contribution is 0.552. The van der Waals surface area contributed by atoms with E-state index in [1.165, 1.54) is 6.33 Å². The number of aryl methyl sites for hydroxylation is 1. The Morgan fingerprint density at radius 1 is 1.23 bits per heavy atom. The predicted molar refractivity (Wildman–Crippen MR) is 98.2 cm³/mol. The zero-order chi connectivity index (χ0) is 17.9. The molecule has 4 aromatic rings. The number of rotatable bonds is 6. The van der Waals surface area contributed by atoms with Crippen LogP contribution in [0.3, 0.4) is 0 Å². The van der Waals surface area contributed by atoms with Crippen LogP contribution in [0.1, 0.15) is 11.3 Å². The van der Waals surface area contributed by atoms with Crippen molar-refractivity contribution in [2.45, 2.75) is 20.0 Å². The van der Waals surface area contributed by atoms with E-state index in [0.717, 1.165) is 16.8 Å². The number of aromatic amines is 1. The van der Waals surface area contributed by atoms with Crippen LogP contribution in [0.4, 0.5) is 0 Å². The SMILES string of the molecule is Cc1nn(-c2ccccc2)c2[nH]c(=O)c(CNCCn3cncn3)cc12. The highest BCUT2D eigenvalue weighted by atomic mass is 16.1. The van der Waals surface area contributed by atoms with Gasteiger partial charge in [0.05, 0.1) is 17.9 Å². The molecule has 0 fully saturated rings. The molecule has 0 bridgehead atoms. The lowest BCUT2D eigenvalue weighted by Gasteiger charge is -2.06. The molecule has 0 atom stereocenters. The van der Waals surface area contributed by atoms with E-state index in [2.05, 4.69) is 25.5 Å². The summed E-state index contributed by atoms with van der Waals surface area (Å²) in [5.41, 5.74) is 3.09. The van der Waals surface area contributed by atoms with Gasteiger partial charge in [0, 0.05) is 24.0 Å². The van der Waals surface area contributed by atoms with E-state index in [1.807, 2.05) is 43.3 Å². The number of pyridine rings is 1. The van der Waals surface area contributed by atoms with Crippen LogP contribution in [0.5, 0.6) is 0 Å². The fourth-order valence-electron chi connectivity index (χ4n) is 2.91. The fourth-order valence-corrected chi connectivity index (χ4v) is 2.91. The summed E-state index contributed by atoms with van der Waals surface area (Å²) < 4.78 is 3.52. The minimum absolute atomic E-state index is 0.108. The molecule has 1 aromatic carbocycles. The molecule has 0 saturated heterocycles. The average Bonchev–Trinajstić information content (AvgIpc) is 3.28. The van der Waals surface area contributed by atoms with E-state index in [4.69, 9.17) is 0 Å². The molecule has 8 heteroatoms. The topological polar surface area (TPSA) is 93.4 Å². The van der Waals surface area contributed by atoms with Crippen molar-refractivity contribution in [1.82, 2.24) is 34.8 Å². The fraction of sp³-hybridized carbons (Fsp3) is 0.222. The summed E-state index contributed by atoms with van der Waals surface area (Å²) in [6.07, 6.45) is 3.17. The zero-order valence-electron chi connectivity index (χ0n) is 14.4. The number of benzene rings is 1. The first-order valence-electron chi connectivity index (χ1n) is 8.42. The molecule has 8 nitrogen and oxygen atoms in total. The van der Waals surface area contributed by atoms with Gasteiger partial charge < -0.3 is 10.3 Å². The van der Waals surface area contributed by atoms with Gasteiger partial charge in [-0.3, -0.25) is 9.48 Å². The van der Waals surface area contributed by atoms with E-state index >= 15 is 0 Å². The highest BCUT2D eigenvalue weighted by molar-refractivity contribution is 5.80. The summed E-state index contributed by atoms with van der Waals surface area (Å²) in [5.74, 6) is 0. The van der Waals surface area contributed by atoms with Crippen molar-refractivity contribution in [3.8, 4) is 5.69 Å². The van der Waals surface area contributed by atoms with Gasteiger partial charge in [0.1, 0.15) is 18.3 Å². The third kappa shape index (κ3) is 3.14. The Balaban J connectivity index is 1.57. The molecule has 0 radical (unpaired) electrons. The summed E-state index contributed by atoms with van der Waals surface area (Å²) in [7, 11) is 0. The van der Waals surface area contributed by atoms with Crippen molar-refractivity contribution in [2.24, 2.45) is 0 Å². The molecule has 0 aliphatic rings. The second-order valence-electron chi connectivity index (χ2n) is 6.05. The maximum atomic E-state index is 12.5. The van der Waals surface area contributed by atoms with Crippen molar-refractivity contribution in [3.63, 3.8) is 0 Å². The molecule has 2 N–H and O–H groups in total. The number of H-pyrrole nitrogens is 1. The molecule has 0 unspecified atom stereocenters. The normalized spacial score (nSPS) is 11.3. The third-order valence-electron chi connectivity index (χ3n) is 4.25. The van der Waals surface area contributed by atoms with Gasteiger partial charge in [-0.2, -0.15) is 10.2 Å². The van der Waals surface area contributed by atoms with Gasteiger partial charge in [0.2, 0.25) is 0 Å². The van der Waals surface area contributed by atoms with Crippen LogP contribution in [-0.4, -0.2) is 36.1 Å². The van der Waals surface area contributed by atoms with Crippen LogP contribution in [0.2, 0.25) is 0 Å². The number of fused-ring (bicyclic) bond motifs is 1. The molecule has 4 rings (SSSR count). The molecular weight excluding hydrogens is 330 g/mol. The van der Waals surface area contributed by atoms with Crippen molar-refractivity contribution in [1.29, 1.82) is 0 Å². The molecule has 0 aliphatic carbocycles. The van der Waals surface area contributed by atoms with Crippen molar-refractivity contribution in [3.05, 3.63) is 70.7 Å². The number of hydrogen-bond donors (Lipinski definition) is 2. The second kappa shape index (κ2) is 6.93. The maximum Gasteiger partial charge on any atom is 0.254 e. The largest absolute Gasteiger partial charge is 0.311 e. The van der Waals surface area contributed by atoms with Gasteiger partial charge in [-0.25, -0.2) is 9.67 Å². The van der Waals surface area contributed by atoms with E-state index in [1.54, 1.807) is 15.7 Å². The van der Waals surface area contributed by atoms with Gasteiger partial charge >= 0.3 is 0 Å². The van der Waals surface area contributed by atoms with Crippen molar-refractivity contribution >= 4 is 11.0 Å². The smallest absolute Gasteiger partial charge is 0.254 e. The lowest BCUT2D eigenvalue weighted by Crippen LogP contribution is -2.24. The molecule has 0 spiro atoms. The summed E-state index contributed by atoms with van der Waals surface area (Å²) in [6.45, 7) is 3.83. The summed E-state index contributed by atoms with van der Waals surface area (Å²) in [6, 6.07) is 11.7. The highest BCUT2D eigenvalue weighted by Crippen LogP contribution is 2.19. The predicted octanol–water partition coefficient (Wildman–Crippen LogP) is 1.40. The summed E-state index contributed by atoms with van der Waals surface area (Å²) >= 11 is 0. The van der Waals surface area contributed by atoms with Crippen LogP contribution in [0, 0.1) is 6.92 Å². The number of aromatic nitrogens is 6. The molecule has 26 heavy (non-hydrogen) atoms. The Labute approximate surface area is 149 Å². The maximum absolute atomic E-state index is 12.5. The van der Waals surface area contributed by atoms with E-state index in [-0.39, 0.29) is 5.56 Å². The van der Waals surface area contributed by atoms with Gasteiger partial charge in [-0.1, -0.05) is 18.2 Å². The number of hydrogen-bond acceptors (Lipinski definition) is 5. The van der Waals surface area contributed by atoms with Crippen LogP contribution >= 0.6 is 0 Å². The quantitative estimate of drug-likeness (QED) is 0.513. The highest BCUT2D eigenvalue weighted by Gasteiger charge is 2.12. The van der Waals surface area contributed by atoms with Gasteiger partial charge in [0.15, 0.2) is 0 Å². The number of nitrogens with one attached hydrogen (secondary N) is 2. The molecule has 0 aliphatic heterocycles. The third-order valence-corrected chi connectivity index (χ3v) is 4.25.